The van der Waals surface area contributed by atoms with E-state index in [1.165, 1.54) is 13.8 Å². The van der Waals surface area contributed by atoms with Crippen LogP contribution < -0.4 is 4.74 Å². The topological polar surface area (TPSA) is 9.23 Å². The summed E-state index contributed by atoms with van der Waals surface area (Å²) in [4.78, 5) is 0. The number of methoxy groups -OCH3 is 1. The number of hydrogen-bond acceptors (Lipinski definition) is 1. The zero-order chi connectivity index (χ0) is 9.19. The third kappa shape index (κ3) is 1.97. The Balaban J connectivity index is 2.93. The van der Waals surface area contributed by atoms with Crippen molar-refractivity contribution in [1.29, 1.82) is 0 Å². The van der Waals surface area contributed by atoms with E-state index in [4.69, 9.17) is 4.74 Å². The number of ether oxygens (including phenoxy) is 1. The first-order valence-corrected chi connectivity index (χ1v) is 3.87. The molecule has 66 valence electrons. The molecule has 0 spiro atoms. The molecule has 0 N–H and O–H groups in total. The molecule has 1 nitrogen and oxygen atoms in total. The van der Waals surface area contributed by atoms with E-state index in [2.05, 4.69) is 0 Å². The molecule has 0 radical (unpaired) electrons. The molecule has 1 rings (SSSR count). The van der Waals surface area contributed by atoms with Gasteiger partial charge in [-0.2, -0.15) is 0 Å². The molecule has 0 aromatic heterocycles. The van der Waals surface area contributed by atoms with E-state index in [0.29, 0.717) is 5.56 Å². The smallest absolute Gasteiger partial charge is 0.130 e. The Morgan fingerprint density at radius 1 is 1.17 bits per heavy atom. The predicted molar refractivity (Wildman–Crippen MR) is 47.1 cm³/mol. The molecule has 0 fully saturated rings. The number of benzene rings is 1. The molecule has 1 aromatic carbocycles. The summed E-state index contributed by atoms with van der Waals surface area (Å²) < 4.78 is 18.3. The SMILES string of the molecule is COc1ccc(C(C)(C)F)cc1. The van der Waals surface area contributed by atoms with E-state index in [1.54, 1.807) is 31.4 Å². The lowest BCUT2D eigenvalue weighted by Crippen LogP contribution is -2.08. The maximum Gasteiger partial charge on any atom is 0.130 e. The predicted octanol–water partition coefficient (Wildman–Crippen LogP) is 2.90. The van der Waals surface area contributed by atoms with E-state index in [9.17, 15) is 4.39 Å². The van der Waals surface area contributed by atoms with Crippen LogP contribution in [0.1, 0.15) is 19.4 Å². The van der Waals surface area contributed by atoms with Crippen molar-refractivity contribution in [1.82, 2.24) is 0 Å². The molecule has 0 aliphatic heterocycles. The molecule has 0 bridgehead atoms. The molecule has 0 atom stereocenters. The lowest BCUT2D eigenvalue weighted by atomic mass is 10.0. The summed E-state index contributed by atoms with van der Waals surface area (Å²) in [6.07, 6.45) is 0. The molecule has 0 aliphatic carbocycles. The fourth-order valence-corrected chi connectivity index (χ4v) is 0.987. The Morgan fingerprint density at radius 2 is 1.67 bits per heavy atom. The molecule has 0 saturated heterocycles. The lowest BCUT2D eigenvalue weighted by Gasteiger charge is -2.14. The standard InChI is InChI=1S/C10H13FO/c1-10(2,11)8-4-6-9(12-3)7-5-8/h4-7H,1-3H3. The highest BCUT2D eigenvalue weighted by molar-refractivity contribution is 5.29. The van der Waals surface area contributed by atoms with Crippen molar-refractivity contribution in [2.24, 2.45) is 0 Å². The van der Waals surface area contributed by atoms with E-state index >= 15 is 0 Å². The molecule has 0 unspecified atom stereocenters. The largest absolute Gasteiger partial charge is 0.497 e. The lowest BCUT2D eigenvalue weighted by molar-refractivity contribution is 0.221. The van der Waals surface area contributed by atoms with Crippen LogP contribution in [0.3, 0.4) is 0 Å². The molecular formula is C10H13FO. The summed E-state index contributed by atoms with van der Waals surface area (Å²) in [5.74, 6) is 0.753. The van der Waals surface area contributed by atoms with Crippen LogP contribution in [-0.4, -0.2) is 7.11 Å². The maximum absolute atomic E-state index is 13.3. The number of rotatable bonds is 2. The first-order chi connectivity index (χ1) is 5.54. The molecule has 0 aliphatic rings. The Bertz CT molecular complexity index is 246. The second-order valence-electron chi connectivity index (χ2n) is 3.20. The average Bonchev–Trinajstić information content (AvgIpc) is 2.03. The molecule has 0 amide bonds. The summed E-state index contributed by atoms with van der Waals surface area (Å²) in [5, 5.41) is 0. The van der Waals surface area contributed by atoms with Gasteiger partial charge in [-0.1, -0.05) is 12.1 Å². The van der Waals surface area contributed by atoms with Crippen molar-refractivity contribution in [3.63, 3.8) is 0 Å². The van der Waals surface area contributed by atoms with E-state index in [1.807, 2.05) is 0 Å². The third-order valence-corrected chi connectivity index (χ3v) is 1.78. The summed E-state index contributed by atoms with van der Waals surface area (Å²) in [5.41, 5.74) is -0.602. The van der Waals surface area contributed by atoms with Crippen molar-refractivity contribution in [3.8, 4) is 5.75 Å². The summed E-state index contributed by atoms with van der Waals surface area (Å²) >= 11 is 0. The van der Waals surface area contributed by atoms with Crippen molar-refractivity contribution in [3.05, 3.63) is 29.8 Å². The number of halogens is 1. The van der Waals surface area contributed by atoms with Crippen molar-refractivity contribution in [2.45, 2.75) is 19.5 Å². The van der Waals surface area contributed by atoms with Crippen LogP contribution in [0.15, 0.2) is 24.3 Å². The summed E-state index contributed by atoms with van der Waals surface area (Å²) in [6.45, 7) is 3.07. The van der Waals surface area contributed by atoms with E-state index < -0.39 is 5.67 Å². The van der Waals surface area contributed by atoms with Crippen LogP contribution in [0, 0.1) is 0 Å². The molecule has 1 aromatic rings. The van der Waals surface area contributed by atoms with Crippen molar-refractivity contribution < 1.29 is 9.13 Å². The fraction of sp³-hybridized carbons (Fsp3) is 0.400. The highest BCUT2D eigenvalue weighted by atomic mass is 19.1. The van der Waals surface area contributed by atoms with Gasteiger partial charge in [-0.25, -0.2) is 4.39 Å². The third-order valence-electron chi connectivity index (χ3n) is 1.78. The van der Waals surface area contributed by atoms with Crippen LogP contribution in [0.25, 0.3) is 0 Å². The molecular weight excluding hydrogens is 155 g/mol. The Hall–Kier alpha value is -1.05. The summed E-state index contributed by atoms with van der Waals surface area (Å²) in [6, 6.07) is 6.99. The molecule has 0 heterocycles. The summed E-state index contributed by atoms with van der Waals surface area (Å²) in [7, 11) is 1.59. The monoisotopic (exact) mass is 168 g/mol. The van der Waals surface area contributed by atoms with Gasteiger partial charge in [0.2, 0.25) is 0 Å². The minimum atomic E-state index is -1.27. The van der Waals surface area contributed by atoms with Crippen LogP contribution in [0.2, 0.25) is 0 Å². The van der Waals surface area contributed by atoms with Crippen LogP contribution >= 0.6 is 0 Å². The van der Waals surface area contributed by atoms with Gasteiger partial charge in [-0.05, 0) is 31.5 Å². The Morgan fingerprint density at radius 3 is 2.00 bits per heavy atom. The Kier molecular flexibility index (Phi) is 2.36. The first-order valence-electron chi connectivity index (χ1n) is 3.87. The number of alkyl halides is 1. The van der Waals surface area contributed by atoms with Crippen LogP contribution in [0.5, 0.6) is 5.75 Å². The second kappa shape index (κ2) is 3.13. The van der Waals surface area contributed by atoms with Crippen LogP contribution in [0.4, 0.5) is 4.39 Å². The van der Waals surface area contributed by atoms with E-state index in [0.717, 1.165) is 5.75 Å². The average molecular weight is 168 g/mol. The van der Waals surface area contributed by atoms with Crippen molar-refractivity contribution >= 4 is 0 Å². The fourth-order valence-electron chi connectivity index (χ4n) is 0.987. The van der Waals surface area contributed by atoms with Gasteiger partial charge in [0.25, 0.3) is 0 Å². The normalized spacial score (nSPS) is 11.3. The highest BCUT2D eigenvalue weighted by Gasteiger charge is 2.17. The first kappa shape index (κ1) is 9.04. The quantitative estimate of drug-likeness (QED) is 0.659. The number of hydrogen-bond donors (Lipinski definition) is 0. The zero-order valence-electron chi connectivity index (χ0n) is 7.60. The second-order valence-corrected chi connectivity index (χ2v) is 3.20. The van der Waals surface area contributed by atoms with Gasteiger partial charge in [0.05, 0.1) is 7.11 Å². The minimum absolute atomic E-state index is 0.670. The minimum Gasteiger partial charge on any atom is -0.497 e. The van der Waals surface area contributed by atoms with Crippen LogP contribution in [-0.2, 0) is 5.67 Å². The van der Waals surface area contributed by atoms with Gasteiger partial charge < -0.3 is 4.74 Å². The maximum atomic E-state index is 13.3. The molecule has 0 saturated carbocycles. The van der Waals surface area contributed by atoms with Gasteiger partial charge in [-0.15, -0.1) is 0 Å². The molecule has 2 heteroatoms. The zero-order valence-corrected chi connectivity index (χ0v) is 7.60. The highest BCUT2D eigenvalue weighted by Crippen LogP contribution is 2.25. The molecule has 12 heavy (non-hydrogen) atoms. The van der Waals surface area contributed by atoms with E-state index in [-0.39, 0.29) is 0 Å². The Labute approximate surface area is 72.2 Å². The van der Waals surface area contributed by atoms with Gasteiger partial charge >= 0.3 is 0 Å². The van der Waals surface area contributed by atoms with Gasteiger partial charge in [0.15, 0.2) is 0 Å². The van der Waals surface area contributed by atoms with Gasteiger partial charge in [0.1, 0.15) is 11.4 Å². The van der Waals surface area contributed by atoms with Crippen molar-refractivity contribution in [2.75, 3.05) is 7.11 Å². The van der Waals surface area contributed by atoms with Gasteiger partial charge in [-0.3, -0.25) is 0 Å². The van der Waals surface area contributed by atoms with Gasteiger partial charge in [0, 0.05) is 0 Å².